The summed E-state index contributed by atoms with van der Waals surface area (Å²) < 4.78 is 23.8. The van der Waals surface area contributed by atoms with Crippen LogP contribution in [0.1, 0.15) is 29.7 Å². The Kier molecular flexibility index (Phi) is 9.17. The minimum Gasteiger partial charge on any atom is -0.497 e. The lowest BCUT2D eigenvalue weighted by Crippen LogP contribution is -2.39. The molecule has 0 N–H and O–H groups in total. The summed E-state index contributed by atoms with van der Waals surface area (Å²) in [6.45, 7) is 1.82. The Labute approximate surface area is 266 Å². The van der Waals surface area contributed by atoms with Crippen LogP contribution in [0.3, 0.4) is 0 Å². The highest BCUT2D eigenvalue weighted by molar-refractivity contribution is 7.07. The number of esters is 1. The third kappa shape index (κ3) is 6.17. The van der Waals surface area contributed by atoms with Gasteiger partial charge in [-0.05, 0) is 60.5 Å². The van der Waals surface area contributed by atoms with Crippen LogP contribution < -0.4 is 29.1 Å². The van der Waals surface area contributed by atoms with Crippen molar-refractivity contribution in [2.45, 2.75) is 19.6 Å². The topological polar surface area (TPSA) is 88.4 Å². The molecule has 0 saturated heterocycles. The highest BCUT2D eigenvalue weighted by Crippen LogP contribution is 2.37. The Balaban J connectivity index is 1.57. The predicted molar refractivity (Wildman–Crippen MR) is 168 cm³/mol. The zero-order chi connectivity index (χ0) is 30.8. The Hall–Kier alpha value is -3.76. The van der Waals surface area contributed by atoms with Gasteiger partial charge in [-0.2, -0.15) is 0 Å². The van der Waals surface area contributed by atoms with E-state index in [4.69, 9.17) is 53.8 Å². The molecule has 4 aromatic rings. The van der Waals surface area contributed by atoms with E-state index in [1.807, 2.05) is 24.3 Å². The molecule has 0 bridgehead atoms. The molecule has 0 fully saturated rings. The minimum atomic E-state index is -0.731. The van der Waals surface area contributed by atoms with Gasteiger partial charge in [-0.15, -0.1) is 0 Å². The molecule has 0 aliphatic carbocycles. The molecule has 0 amide bonds. The lowest BCUT2D eigenvalue weighted by atomic mass is 9.96. The molecule has 2 heterocycles. The predicted octanol–water partition coefficient (Wildman–Crippen LogP) is 5.96. The van der Waals surface area contributed by atoms with E-state index in [9.17, 15) is 9.59 Å². The fourth-order valence-electron chi connectivity index (χ4n) is 4.76. The molecule has 0 spiro atoms. The Morgan fingerprint density at radius 1 is 1.00 bits per heavy atom. The molecule has 3 aromatic carbocycles. The number of carbonyl (C=O) groups excluding carboxylic acids is 1. The quantitative estimate of drug-likeness (QED) is 0.217. The number of thiazole rings is 1. The molecule has 8 nitrogen and oxygen atoms in total. The van der Waals surface area contributed by atoms with Gasteiger partial charge in [0.05, 0.1) is 53.2 Å². The van der Waals surface area contributed by atoms with Crippen molar-refractivity contribution in [2.75, 3.05) is 21.3 Å². The number of aromatic nitrogens is 1. The standard InChI is InChI=1S/C31H25Cl3N2O6S/c1-16-26(30(38)41-4)27(18-6-8-21(39-2)9-7-18)36-29(37)25(43-31(36)35-16)12-17-5-10-24(40-3)19(11-17)15-42-28-22(33)13-20(32)14-23(28)34/h5-14,27H,15H2,1-4H3/b25-12-. The van der Waals surface area contributed by atoms with Crippen molar-refractivity contribution in [2.24, 2.45) is 4.99 Å². The first-order valence-corrected chi connectivity index (χ1v) is 14.8. The van der Waals surface area contributed by atoms with Crippen molar-refractivity contribution >= 4 is 58.2 Å². The van der Waals surface area contributed by atoms with Gasteiger partial charge in [0.2, 0.25) is 0 Å². The maximum absolute atomic E-state index is 13.9. The summed E-state index contributed by atoms with van der Waals surface area (Å²) in [5, 5.41) is 0.954. The molecule has 0 saturated carbocycles. The normalized spacial score (nSPS) is 14.7. The summed E-state index contributed by atoms with van der Waals surface area (Å²) in [7, 11) is 4.43. The zero-order valence-electron chi connectivity index (χ0n) is 23.4. The monoisotopic (exact) mass is 658 g/mol. The largest absolute Gasteiger partial charge is 0.497 e. The lowest BCUT2D eigenvalue weighted by molar-refractivity contribution is -0.136. The molecule has 222 valence electrons. The van der Waals surface area contributed by atoms with Crippen molar-refractivity contribution in [1.29, 1.82) is 0 Å². The maximum atomic E-state index is 13.9. The molecule has 1 atom stereocenters. The van der Waals surface area contributed by atoms with Crippen LogP contribution in [0.5, 0.6) is 17.2 Å². The first kappa shape index (κ1) is 30.7. The smallest absolute Gasteiger partial charge is 0.338 e. The van der Waals surface area contributed by atoms with Gasteiger partial charge in [0.25, 0.3) is 5.56 Å². The first-order chi connectivity index (χ1) is 20.6. The molecule has 1 aliphatic rings. The van der Waals surface area contributed by atoms with Crippen LogP contribution in [-0.2, 0) is 16.1 Å². The molecular weight excluding hydrogens is 635 g/mol. The molecular formula is C31H25Cl3N2O6S. The number of hydrogen-bond acceptors (Lipinski definition) is 8. The number of allylic oxidation sites excluding steroid dienone is 1. The van der Waals surface area contributed by atoms with Crippen molar-refractivity contribution in [3.63, 3.8) is 0 Å². The average Bonchev–Trinajstić information content (AvgIpc) is 3.29. The summed E-state index contributed by atoms with van der Waals surface area (Å²) in [6, 6.07) is 15.0. The Morgan fingerprint density at radius 2 is 1.70 bits per heavy atom. The van der Waals surface area contributed by atoms with Crippen LogP contribution in [0.15, 0.2) is 75.7 Å². The number of rotatable bonds is 8. The van der Waals surface area contributed by atoms with Crippen LogP contribution in [0.4, 0.5) is 0 Å². The van der Waals surface area contributed by atoms with Crippen molar-refractivity contribution < 1.29 is 23.7 Å². The summed E-state index contributed by atoms with van der Waals surface area (Å²) in [4.78, 5) is 31.9. The summed E-state index contributed by atoms with van der Waals surface area (Å²) in [5.41, 5.74) is 2.60. The Bertz CT molecular complexity index is 1910. The minimum absolute atomic E-state index is 0.0896. The van der Waals surface area contributed by atoms with E-state index >= 15 is 0 Å². The van der Waals surface area contributed by atoms with E-state index in [1.54, 1.807) is 57.6 Å². The second-order valence-electron chi connectivity index (χ2n) is 9.41. The lowest BCUT2D eigenvalue weighted by Gasteiger charge is -2.24. The van der Waals surface area contributed by atoms with Gasteiger partial charge in [0, 0.05) is 10.6 Å². The number of halogens is 3. The highest BCUT2D eigenvalue weighted by atomic mass is 35.5. The van der Waals surface area contributed by atoms with Crippen LogP contribution in [-0.4, -0.2) is 31.9 Å². The third-order valence-corrected chi connectivity index (χ3v) is 8.56. The number of hydrogen-bond donors (Lipinski definition) is 0. The number of ether oxygens (including phenoxy) is 4. The van der Waals surface area contributed by atoms with Crippen molar-refractivity contribution in [1.82, 2.24) is 4.57 Å². The van der Waals surface area contributed by atoms with E-state index in [2.05, 4.69) is 4.99 Å². The van der Waals surface area contributed by atoms with Crippen molar-refractivity contribution in [3.05, 3.63) is 117 Å². The van der Waals surface area contributed by atoms with E-state index in [1.165, 1.54) is 23.0 Å². The Morgan fingerprint density at radius 3 is 2.33 bits per heavy atom. The molecule has 0 radical (unpaired) electrons. The summed E-state index contributed by atoms with van der Waals surface area (Å²) >= 11 is 19.8. The first-order valence-electron chi connectivity index (χ1n) is 12.8. The van der Waals surface area contributed by atoms with Gasteiger partial charge in [-0.3, -0.25) is 9.36 Å². The molecule has 1 aliphatic heterocycles. The average molecular weight is 660 g/mol. The number of carbonyl (C=O) groups is 1. The number of benzene rings is 3. The van der Waals surface area contributed by atoms with E-state index in [0.717, 1.165) is 5.56 Å². The molecule has 1 aromatic heterocycles. The third-order valence-electron chi connectivity index (χ3n) is 6.80. The number of methoxy groups -OCH3 is 3. The highest BCUT2D eigenvalue weighted by Gasteiger charge is 2.33. The van der Waals surface area contributed by atoms with Gasteiger partial charge >= 0.3 is 5.97 Å². The van der Waals surface area contributed by atoms with E-state index in [0.29, 0.717) is 48.4 Å². The SMILES string of the molecule is COC(=O)C1=C(C)N=c2s/c(=C\c3ccc(OC)c(COc4c(Cl)cc(Cl)cc4Cl)c3)c(=O)n2C1c1ccc(OC)cc1. The number of nitrogens with zero attached hydrogens (tertiary/aromatic N) is 2. The summed E-state index contributed by atoms with van der Waals surface area (Å²) in [6.07, 6.45) is 1.76. The fraction of sp³-hybridized carbons (Fsp3) is 0.194. The van der Waals surface area contributed by atoms with Crippen LogP contribution >= 0.6 is 46.1 Å². The second-order valence-corrected chi connectivity index (χ2v) is 11.7. The van der Waals surface area contributed by atoms with Crippen LogP contribution in [0.2, 0.25) is 15.1 Å². The van der Waals surface area contributed by atoms with Gasteiger partial charge in [-0.25, -0.2) is 9.79 Å². The molecule has 1 unspecified atom stereocenters. The molecule has 43 heavy (non-hydrogen) atoms. The fourth-order valence-corrected chi connectivity index (χ4v) is 6.74. The van der Waals surface area contributed by atoms with Crippen LogP contribution in [0.25, 0.3) is 6.08 Å². The molecule has 12 heteroatoms. The maximum Gasteiger partial charge on any atom is 0.338 e. The van der Waals surface area contributed by atoms with Crippen molar-refractivity contribution in [3.8, 4) is 17.2 Å². The molecule has 5 rings (SSSR count). The number of fused-ring (bicyclic) bond motifs is 1. The second kappa shape index (κ2) is 12.9. The van der Waals surface area contributed by atoms with Crippen LogP contribution in [0, 0.1) is 0 Å². The van der Waals surface area contributed by atoms with Gasteiger partial charge < -0.3 is 18.9 Å². The summed E-state index contributed by atoms with van der Waals surface area (Å²) in [5.74, 6) is 0.967. The van der Waals surface area contributed by atoms with Gasteiger partial charge in [0.1, 0.15) is 18.1 Å². The van der Waals surface area contributed by atoms with E-state index in [-0.39, 0.29) is 27.8 Å². The zero-order valence-corrected chi connectivity index (χ0v) is 26.5. The van der Waals surface area contributed by atoms with Gasteiger partial charge in [0.15, 0.2) is 10.6 Å². The van der Waals surface area contributed by atoms with E-state index < -0.39 is 12.0 Å². The van der Waals surface area contributed by atoms with Gasteiger partial charge in [-0.1, -0.05) is 64.3 Å².